The normalized spacial score (nSPS) is 22.1. The third-order valence-corrected chi connectivity index (χ3v) is 9.56. The second kappa shape index (κ2) is 15.1. The lowest BCUT2D eigenvalue weighted by atomic mass is 9.85. The van der Waals surface area contributed by atoms with Crippen LogP contribution in [0, 0.1) is 17.3 Å². The number of benzene rings is 2. The molecule has 0 unspecified atom stereocenters. The van der Waals surface area contributed by atoms with Crippen LogP contribution in [0.3, 0.4) is 0 Å². The summed E-state index contributed by atoms with van der Waals surface area (Å²) >= 11 is 6.37. The first-order chi connectivity index (χ1) is 22.3. The lowest BCUT2D eigenvalue weighted by Gasteiger charge is -2.32. The number of carbonyl (C=O) groups excluding carboxylic acids is 3. The maximum Gasteiger partial charge on any atom is 0.391 e. The van der Waals surface area contributed by atoms with Crippen molar-refractivity contribution >= 4 is 34.9 Å². The Hall–Kier alpha value is -3.28. The van der Waals surface area contributed by atoms with Gasteiger partial charge in [-0.1, -0.05) is 44.5 Å². The molecule has 2 aromatic rings. The summed E-state index contributed by atoms with van der Waals surface area (Å²) in [5.74, 6) is -3.83. The molecule has 4 rings (SSSR count). The predicted molar refractivity (Wildman–Crippen MR) is 172 cm³/mol. The molecule has 2 fully saturated rings. The molecule has 3 N–H and O–H groups in total. The third-order valence-electron chi connectivity index (χ3n) is 9.23. The van der Waals surface area contributed by atoms with Gasteiger partial charge < -0.3 is 16.0 Å². The molecule has 0 aromatic heterocycles. The number of ketones is 1. The lowest BCUT2D eigenvalue weighted by Crippen LogP contribution is -2.40. The van der Waals surface area contributed by atoms with Crippen molar-refractivity contribution in [1.29, 1.82) is 0 Å². The van der Waals surface area contributed by atoms with Gasteiger partial charge in [0.05, 0.1) is 22.4 Å². The van der Waals surface area contributed by atoms with E-state index in [0.29, 0.717) is 16.8 Å². The molecule has 2 aromatic carbocycles. The Labute approximate surface area is 281 Å². The zero-order valence-corrected chi connectivity index (χ0v) is 28.0. The fourth-order valence-corrected chi connectivity index (χ4v) is 6.48. The molecule has 0 spiro atoms. The Morgan fingerprint density at radius 2 is 1.25 bits per heavy atom. The minimum Gasteiger partial charge on any atom is -0.382 e. The van der Waals surface area contributed by atoms with Crippen LogP contribution in [0.4, 0.5) is 32.0 Å². The van der Waals surface area contributed by atoms with Crippen LogP contribution >= 0.6 is 11.6 Å². The Balaban J connectivity index is 1.51. The van der Waals surface area contributed by atoms with Gasteiger partial charge in [0.25, 0.3) is 5.91 Å². The van der Waals surface area contributed by atoms with E-state index in [9.17, 15) is 40.7 Å². The predicted octanol–water partition coefficient (Wildman–Crippen LogP) is 8.81. The summed E-state index contributed by atoms with van der Waals surface area (Å²) in [5.41, 5.74) is 1.30. The molecule has 13 heteroatoms. The maximum atomic E-state index is 13.6. The minimum atomic E-state index is -4.29. The fourth-order valence-electron chi connectivity index (χ4n) is 6.25. The Morgan fingerprint density at radius 3 is 1.79 bits per heavy atom. The van der Waals surface area contributed by atoms with Gasteiger partial charge >= 0.3 is 12.4 Å². The number of hydrogen-bond acceptors (Lipinski definition) is 4. The highest BCUT2D eigenvalue weighted by molar-refractivity contribution is 6.34. The molecule has 0 heterocycles. The first-order valence-corrected chi connectivity index (χ1v) is 16.6. The van der Waals surface area contributed by atoms with Crippen LogP contribution in [0.25, 0.3) is 0 Å². The molecular formula is C35H42ClF6N3O3. The minimum absolute atomic E-state index is 0.0442. The van der Waals surface area contributed by atoms with E-state index in [4.69, 9.17) is 11.6 Å². The van der Waals surface area contributed by atoms with Crippen LogP contribution in [0.15, 0.2) is 36.4 Å². The second-order valence-corrected chi connectivity index (χ2v) is 14.4. The summed E-state index contributed by atoms with van der Waals surface area (Å²) in [6, 6.07) is 8.87. The SMILES string of the molecule is CC(C)(C)C(=O)NCc1ccc(Cl)c(C(=O)Cc2ccc(NC3CCC(C(F)(F)F)CC3)c(C(=O)NC3CCC(C(F)(F)F)CC3)c2)c1. The van der Waals surface area contributed by atoms with E-state index >= 15 is 0 Å². The standard InChI is InChI=1S/C35H42ClF6N3O3/c1-33(2,3)32(48)43-19-21-4-14-28(36)26(17-21)30(46)18-20-5-15-29(44-24-10-6-22(7-11-24)34(37,38)39)27(16-20)31(47)45-25-12-8-23(9-13-25)35(40,41)42/h4-5,14-17,22-25,44H,6-13,18-19H2,1-3H3,(H,43,48)(H,45,47). The fraction of sp³-hybridized carbons (Fsp3) is 0.571. The summed E-state index contributed by atoms with van der Waals surface area (Å²) in [6.45, 7) is 5.54. The van der Waals surface area contributed by atoms with Crippen molar-refractivity contribution in [2.75, 3.05) is 5.32 Å². The smallest absolute Gasteiger partial charge is 0.382 e. The van der Waals surface area contributed by atoms with Gasteiger partial charge in [0.2, 0.25) is 5.91 Å². The number of halogens is 7. The van der Waals surface area contributed by atoms with Gasteiger partial charge in [-0.3, -0.25) is 14.4 Å². The van der Waals surface area contributed by atoms with Crippen molar-refractivity contribution in [2.24, 2.45) is 17.3 Å². The molecule has 2 aliphatic rings. The zero-order valence-electron chi connectivity index (χ0n) is 27.2. The number of hydrogen-bond donors (Lipinski definition) is 3. The van der Waals surface area contributed by atoms with Gasteiger partial charge in [-0.05, 0) is 86.8 Å². The van der Waals surface area contributed by atoms with Crippen molar-refractivity contribution in [3.8, 4) is 0 Å². The van der Waals surface area contributed by atoms with Gasteiger partial charge in [-0.25, -0.2) is 0 Å². The molecule has 0 saturated heterocycles. The van der Waals surface area contributed by atoms with Gasteiger partial charge in [0.1, 0.15) is 0 Å². The van der Waals surface area contributed by atoms with Crippen LogP contribution in [-0.2, 0) is 17.8 Å². The monoisotopic (exact) mass is 701 g/mol. The number of carbonyl (C=O) groups is 3. The number of rotatable bonds is 9. The molecule has 0 bridgehead atoms. The number of Topliss-reactive ketones (excluding diaryl/α,β-unsaturated/α-hetero) is 1. The molecule has 48 heavy (non-hydrogen) atoms. The average molecular weight is 702 g/mol. The van der Waals surface area contributed by atoms with E-state index < -0.39 is 41.6 Å². The largest absolute Gasteiger partial charge is 0.391 e. The first kappa shape index (κ1) is 37.5. The average Bonchev–Trinajstić information content (AvgIpc) is 3.00. The maximum absolute atomic E-state index is 13.6. The van der Waals surface area contributed by atoms with E-state index in [1.165, 1.54) is 6.07 Å². The molecule has 6 nitrogen and oxygen atoms in total. The highest BCUT2D eigenvalue weighted by Gasteiger charge is 2.42. The summed E-state index contributed by atoms with van der Waals surface area (Å²) in [6.07, 6.45) is -8.17. The Bertz CT molecular complexity index is 1470. The first-order valence-electron chi connectivity index (χ1n) is 16.2. The zero-order chi connectivity index (χ0) is 35.4. The van der Waals surface area contributed by atoms with Gasteiger partial charge in [-0.15, -0.1) is 0 Å². The molecule has 0 radical (unpaired) electrons. The van der Waals surface area contributed by atoms with Crippen molar-refractivity contribution in [2.45, 2.75) is 110 Å². The van der Waals surface area contributed by atoms with Crippen molar-refractivity contribution in [1.82, 2.24) is 10.6 Å². The number of amides is 2. The molecule has 264 valence electrons. The Morgan fingerprint density at radius 1 is 0.729 bits per heavy atom. The van der Waals surface area contributed by atoms with Gasteiger partial charge in [0.15, 0.2) is 5.78 Å². The van der Waals surface area contributed by atoms with E-state index in [1.807, 2.05) is 0 Å². The molecule has 2 saturated carbocycles. The highest BCUT2D eigenvalue weighted by atomic mass is 35.5. The van der Waals surface area contributed by atoms with E-state index in [2.05, 4.69) is 16.0 Å². The van der Waals surface area contributed by atoms with Crippen LogP contribution in [0.1, 0.15) is 104 Å². The molecule has 0 atom stereocenters. The number of nitrogens with one attached hydrogen (secondary N) is 3. The summed E-state index contributed by atoms with van der Waals surface area (Å²) < 4.78 is 79.2. The summed E-state index contributed by atoms with van der Waals surface area (Å²) in [5, 5.41) is 9.09. The third kappa shape index (κ3) is 10.1. The van der Waals surface area contributed by atoms with Crippen LogP contribution in [0.2, 0.25) is 5.02 Å². The van der Waals surface area contributed by atoms with Crippen molar-refractivity contribution in [3.63, 3.8) is 0 Å². The van der Waals surface area contributed by atoms with Gasteiger partial charge in [-0.2, -0.15) is 26.3 Å². The summed E-state index contributed by atoms with van der Waals surface area (Å²) in [4.78, 5) is 39.3. The molecule has 2 amide bonds. The second-order valence-electron chi connectivity index (χ2n) is 14.0. The molecule has 2 aliphatic carbocycles. The number of alkyl halides is 6. The van der Waals surface area contributed by atoms with Gasteiger partial charge in [0, 0.05) is 41.7 Å². The molecular weight excluding hydrogens is 660 g/mol. The van der Waals surface area contributed by atoms with E-state index in [0.717, 1.165) is 0 Å². The number of anilines is 1. The molecule has 0 aliphatic heterocycles. The highest BCUT2D eigenvalue weighted by Crippen LogP contribution is 2.39. The topological polar surface area (TPSA) is 87.3 Å². The van der Waals surface area contributed by atoms with E-state index in [-0.39, 0.29) is 98.2 Å². The Kier molecular flexibility index (Phi) is 11.8. The van der Waals surface area contributed by atoms with Crippen LogP contribution < -0.4 is 16.0 Å². The van der Waals surface area contributed by atoms with Crippen molar-refractivity contribution in [3.05, 3.63) is 63.7 Å². The lowest BCUT2D eigenvalue weighted by molar-refractivity contribution is -0.183. The van der Waals surface area contributed by atoms with E-state index in [1.54, 1.807) is 51.1 Å². The van der Waals surface area contributed by atoms with Crippen LogP contribution in [-0.4, -0.2) is 42.0 Å². The summed E-state index contributed by atoms with van der Waals surface area (Å²) in [7, 11) is 0. The van der Waals surface area contributed by atoms with Crippen LogP contribution in [0.5, 0.6) is 0 Å². The van der Waals surface area contributed by atoms with Crippen molar-refractivity contribution < 1.29 is 40.7 Å². The quantitative estimate of drug-likeness (QED) is 0.180.